The van der Waals surface area contributed by atoms with E-state index in [1.165, 1.54) is 22.7 Å². The maximum atomic E-state index is 12.2. The summed E-state index contributed by atoms with van der Waals surface area (Å²) in [6.45, 7) is 0. The molecule has 5 aromatic rings. The highest BCUT2D eigenvalue weighted by molar-refractivity contribution is 7.21. The van der Waals surface area contributed by atoms with Crippen LogP contribution in [0.15, 0.2) is 46.0 Å². The molecule has 0 amide bonds. The Kier molecular flexibility index (Phi) is 1.79. The van der Waals surface area contributed by atoms with Crippen LogP contribution in [0.1, 0.15) is 0 Å². The van der Waals surface area contributed by atoms with E-state index in [4.69, 9.17) is 0 Å². The summed E-state index contributed by atoms with van der Waals surface area (Å²) in [5.74, 6) is 0. The first-order valence-electron chi connectivity index (χ1n) is 6.21. The molecule has 0 radical (unpaired) electrons. The molecule has 0 aliphatic carbocycles. The predicted molar refractivity (Wildman–Crippen MR) is 87.1 cm³/mol. The molecule has 0 bridgehead atoms. The van der Waals surface area contributed by atoms with E-state index in [9.17, 15) is 9.59 Å². The molecule has 0 atom stereocenters. The molecule has 0 aliphatic heterocycles. The molecule has 5 rings (SSSR count). The lowest BCUT2D eigenvalue weighted by Gasteiger charge is -2.04. The molecule has 0 saturated heterocycles. The van der Waals surface area contributed by atoms with E-state index in [1.807, 2.05) is 36.4 Å². The summed E-state index contributed by atoms with van der Waals surface area (Å²) in [7, 11) is 0. The van der Waals surface area contributed by atoms with Crippen molar-refractivity contribution in [3.63, 3.8) is 0 Å². The second-order valence-electron chi connectivity index (χ2n) is 4.89. The fraction of sp³-hybridized carbons (Fsp3) is 0. The second kappa shape index (κ2) is 3.34. The molecule has 0 saturated carbocycles. The van der Waals surface area contributed by atoms with Crippen molar-refractivity contribution >= 4 is 64.4 Å². The number of hydrogen-bond donors (Lipinski definition) is 0. The van der Waals surface area contributed by atoms with E-state index in [-0.39, 0.29) is 9.48 Å². The van der Waals surface area contributed by atoms with Gasteiger partial charge < -0.3 is 0 Å². The first kappa shape index (κ1) is 10.7. The van der Waals surface area contributed by atoms with E-state index >= 15 is 0 Å². The van der Waals surface area contributed by atoms with Crippen molar-refractivity contribution in [2.75, 3.05) is 0 Å². The van der Waals surface area contributed by atoms with Crippen molar-refractivity contribution in [1.29, 1.82) is 0 Å². The zero-order valence-electron chi connectivity index (χ0n) is 10.1. The minimum Gasteiger partial charge on any atom is -0.277 e. The highest BCUT2D eigenvalue weighted by Gasteiger charge is 2.18. The molecule has 0 fully saturated rings. The molecule has 3 aromatic carbocycles. The van der Waals surface area contributed by atoms with Gasteiger partial charge in [0, 0.05) is 41.7 Å². The van der Waals surface area contributed by atoms with Gasteiger partial charge in [0.05, 0.1) is 0 Å². The van der Waals surface area contributed by atoms with Gasteiger partial charge in [-0.15, -0.1) is 0 Å². The highest BCUT2D eigenvalue weighted by Crippen LogP contribution is 2.42. The average molecular weight is 294 g/mol. The van der Waals surface area contributed by atoms with Crippen LogP contribution in [-0.2, 0) is 0 Å². The normalized spacial score (nSPS) is 12.4. The van der Waals surface area contributed by atoms with Gasteiger partial charge in [0.2, 0.25) is 9.48 Å². The Morgan fingerprint density at radius 3 is 1.45 bits per heavy atom. The summed E-state index contributed by atoms with van der Waals surface area (Å²) in [4.78, 5) is 24.3. The summed E-state index contributed by atoms with van der Waals surface area (Å²) in [6, 6.07) is 11.6. The van der Waals surface area contributed by atoms with Crippen LogP contribution in [0, 0.1) is 0 Å². The second-order valence-corrected chi connectivity index (χ2v) is 6.86. The number of rotatable bonds is 0. The molecule has 94 valence electrons. The smallest absolute Gasteiger partial charge is 0.240 e. The Morgan fingerprint density at radius 1 is 0.600 bits per heavy atom. The van der Waals surface area contributed by atoms with E-state index in [2.05, 4.69) is 0 Å². The quantitative estimate of drug-likeness (QED) is 0.404. The summed E-state index contributed by atoms with van der Waals surface area (Å²) in [5, 5.41) is 5.64. The Hall–Kier alpha value is -2.04. The van der Waals surface area contributed by atoms with Crippen LogP contribution in [0.3, 0.4) is 0 Å². The third-order valence-electron chi connectivity index (χ3n) is 3.90. The number of benzene rings is 3. The lowest BCUT2D eigenvalue weighted by molar-refractivity contribution is 1.86. The lowest BCUT2D eigenvalue weighted by atomic mass is 10.0. The van der Waals surface area contributed by atoms with Crippen molar-refractivity contribution in [2.24, 2.45) is 0 Å². The summed E-state index contributed by atoms with van der Waals surface area (Å²) in [6.07, 6.45) is 0. The molecule has 0 aliphatic rings. The van der Waals surface area contributed by atoms with Crippen LogP contribution in [0.25, 0.3) is 41.7 Å². The maximum absolute atomic E-state index is 12.2. The standard InChI is InChI=1S/C16H6O2S2/c17-15-9-5-1-3-7-11(9)14(20-15)8-4-2-6-10-12(8)13(7)19-16(10)18/h1-6H. The van der Waals surface area contributed by atoms with Crippen molar-refractivity contribution < 1.29 is 0 Å². The summed E-state index contributed by atoms with van der Waals surface area (Å²) < 4.78 is 2.23. The fourth-order valence-electron chi connectivity index (χ4n) is 3.09. The molecule has 20 heavy (non-hydrogen) atoms. The Balaban J connectivity index is 2.38. The lowest BCUT2D eigenvalue weighted by Crippen LogP contribution is -1.86. The van der Waals surface area contributed by atoms with Gasteiger partial charge in [-0.3, -0.25) is 9.59 Å². The van der Waals surface area contributed by atoms with Crippen molar-refractivity contribution in [2.45, 2.75) is 0 Å². The molecule has 2 nitrogen and oxygen atoms in total. The molecule has 2 heterocycles. The maximum Gasteiger partial charge on any atom is 0.240 e. The van der Waals surface area contributed by atoms with E-state index < -0.39 is 0 Å². The van der Waals surface area contributed by atoms with E-state index in [0.717, 1.165) is 41.7 Å². The largest absolute Gasteiger partial charge is 0.277 e. The van der Waals surface area contributed by atoms with Gasteiger partial charge in [-0.05, 0) is 12.1 Å². The van der Waals surface area contributed by atoms with Gasteiger partial charge in [-0.1, -0.05) is 46.9 Å². The first-order valence-corrected chi connectivity index (χ1v) is 7.85. The van der Waals surface area contributed by atoms with Crippen molar-refractivity contribution in [1.82, 2.24) is 0 Å². The van der Waals surface area contributed by atoms with Crippen LogP contribution in [0.5, 0.6) is 0 Å². The van der Waals surface area contributed by atoms with Gasteiger partial charge in [0.1, 0.15) is 0 Å². The van der Waals surface area contributed by atoms with Gasteiger partial charge in [-0.2, -0.15) is 0 Å². The zero-order chi connectivity index (χ0) is 13.4. The third kappa shape index (κ3) is 1.06. The zero-order valence-corrected chi connectivity index (χ0v) is 11.7. The fourth-order valence-corrected chi connectivity index (χ4v) is 5.22. The van der Waals surface area contributed by atoms with E-state index in [0.29, 0.717) is 0 Å². The molecular weight excluding hydrogens is 288 g/mol. The van der Waals surface area contributed by atoms with Crippen molar-refractivity contribution in [3.8, 4) is 0 Å². The third-order valence-corrected chi connectivity index (χ3v) is 5.97. The van der Waals surface area contributed by atoms with Crippen LogP contribution >= 0.6 is 22.7 Å². The number of hydrogen-bond acceptors (Lipinski definition) is 4. The van der Waals surface area contributed by atoms with E-state index in [1.54, 1.807) is 0 Å². The number of fused-ring (bicyclic) bond motifs is 2. The van der Waals surface area contributed by atoms with Gasteiger partial charge in [0.15, 0.2) is 0 Å². The van der Waals surface area contributed by atoms with Crippen LogP contribution in [0.2, 0.25) is 0 Å². The molecule has 0 spiro atoms. The summed E-state index contributed by atoms with van der Waals surface area (Å²) in [5.41, 5.74) is 0. The minimum absolute atomic E-state index is 0.103. The molecule has 0 unspecified atom stereocenters. The molecule has 2 aromatic heterocycles. The molecule has 4 heteroatoms. The van der Waals surface area contributed by atoms with Crippen molar-refractivity contribution in [3.05, 3.63) is 55.5 Å². The SMILES string of the molecule is O=c1sc2c3cccc4c(=O)sc(c5cccc1c52)c43. The predicted octanol–water partition coefficient (Wildman–Crippen LogP) is 4.02. The van der Waals surface area contributed by atoms with Gasteiger partial charge in [0.25, 0.3) is 0 Å². The summed E-state index contributed by atoms with van der Waals surface area (Å²) >= 11 is 2.57. The Morgan fingerprint density at radius 2 is 1.00 bits per heavy atom. The van der Waals surface area contributed by atoms with Crippen LogP contribution in [-0.4, -0.2) is 0 Å². The van der Waals surface area contributed by atoms with Gasteiger partial charge >= 0.3 is 0 Å². The number of thiophene rings is 2. The van der Waals surface area contributed by atoms with Crippen LogP contribution < -0.4 is 9.48 Å². The van der Waals surface area contributed by atoms with Crippen LogP contribution in [0.4, 0.5) is 0 Å². The Labute approximate surface area is 120 Å². The average Bonchev–Trinajstić information content (AvgIpc) is 2.98. The van der Waals surface area contributed by atoms with Gasteiger partial charge in [-0.25, -0.2) is 0 Å². The topological polar surface area (TPSA) is 34.1 Å². The first-order chi connectivity index (χ1) is 9.75. The minimum atomic E-state index is 0.103. The molecule has 0 N–H and O–H groups in total. The highest BCUT2D eigenvalue weighted by atomic mass is 32.1. The monoisotopic (exact) mass is 294 g/mol. The molecular formula is C16H6O2S2. The Bertz CT molecular complexity index is 1130.